The van der Waals surface area contributed by atoms with Crippen molar-refractivity contribution in [1.29, 1.82) is 0 Å². The summed E-state index contributed by atoms with van der Waals surface area (Å²) in [5.41, 5.74) is 0. The Labute approximate surface area is 401 Å². The molecule has 0 aliphatic rings. The molecule has 0 saturated carbocycles. The van der Waals surface area contributed by atoms with Gasteiger partial charge in [-0.15, -0.1) is 0 Å². The average molecular weight is 948 g/mol. The van der Waals surface area contributed by atoms with Crippen molar-refractivity contribution in [1.82, 2.24) is 5.32 Å². The third kappa shape index (κ3) is 47.4. The summed E-state index contributed by atoms with van der Waals surface area (Å²) in [6.07, 6.45) is 59.1. The fraction of sp³-hybridized carbons (Fsp3) is 0.722. The van der Waals surface area contributed by atoms with Gasteiger partial charge in [-0.3, -0.25) is 18.6 Å². The van der Waals surface area contributed by atoms with E-state index in [1.807, 2.05) is 0 Å². The van der Waals surface area contributed by atoms with Gasteiger partial charge in [0.25, 0.3) is 0 Å². The summed E-state index contributed by atoms with van der Waals surface area (Å²) in [6.45, 7) is 2.54. The molecule has 11 nitrogen and oxygen atoms in total. The van der Waals surface area contributed by atoms with Crippen LogP contribution in [0, 0.1) is 0 Å². The Morgan fingerprint density at radius 1 is 0.485 bits per heavy atom. The maximum absolute atomic E-state index is 12.4. The number of allylic oxidation sites excluding steroid dienone is 12. The minimum absolute atomic E-state index is 0.137. The number of phosphoric ester groups is 1. The van der Waals surface area contributed by atoms with Crippen LogP contribution in [0.3, 0.4) is 0 Å². The molecule has 0 aromatic heterocycles. The molecule has 4 N–H and O–H groups in total. The highest BCUT2D eigenvalue weighted by molar-refractivity contribution is 7.47. The zero-order valence-electron chi connectivity index (χ0n) is 41.5. The summed E-state index contributed by atoms with van der Waals surface area (Å²) in [6, 6.07) is -1.56. The van der Waals surface area contributed by atoms with Crippen LogP contribution in [0.4, 0.5) is 0 Å². The van der Waals surface area contributed by atoms with Gasteiger partial charge in [-0.25, -0.2) is 9.36 Å². The lowest BCUT2D eigenvalue weighted by Crippen LogP contribution is -2.43. The van der Waals surface area contributed by atoms with Gasteiger partial charge in [0, 0.05) is 12.8 Å². The number of ether oxygens (including phenoxy) is 1. The Hall–Kier alpha value is -3.08. The molecule has 0 fully saturated rings. The Morgan fingerprint density at radius 2 is 0.833 bits per heavy atom. The van der Waals surface area contributed by atoms with Crippen LogP contribution in [0.2, 0.25) is 0 Å². The van der Waals surface area contributed by atoms with Crippen molar-refractivity contribution in [2.45, 2.75) is 231 Å². The molecule has 0 aromatic carbocycles. The lowest BCUT2D eigenvalue weighted by molar-refractivity contribution is -0.147. The summed E-state index contributed by atoms with van der Waals surface area (Å²) in [5.74, 6) is -2.39. The van der Waals surface area contributed by atoms with Crippen molar-refractivity contribution >= 4 is 25.7 Å². The predicted molar refractivity (Wildman–Crippen MR) is 272 cm³/mol. The maximum atomic E-state index is 12.4. The van der Waals surface area contributed by atoms with E-state index in [0.29, 0.717) is 12.8 Å². The molecule has 0 bridgehead atoms. The summed E-state index contributed by atoms with van der Waals surface area (Å²) in [5, 5.41) is 21.9. The van der Waals surface area contributed by atoms with Crippen LogP contribution in [-0.2, 0) is 32.7 Å². The topological polar surface area (TPSA) is 169 Å². The molecule has 0 aliphatic carbocycles. The van der Waals surface area contributed by atoms with E-state index in [1.165, 1.54) is 83.5 Å². The SMILES string of the molecule is CCCCC/C=C\C/C=C\C/C=C\CCCCCCCCCCCCC(=O)NC(COP(=O)(O)OCC(O)COC(=O)CCCCCCCC/C=C\C/C=C\C/C=C\CCCCC)C(=O)O. The molecule has 66 heavy (non-hydrogen) atoms. The fourth-order valence-electron chi connectivity index (χ4n) is 6.92. The highest BCUT2D eigenvalue weighted by atomic mass is 31.2. The molecule has 0 rings (SSSR count). The Balaban J connectivity index is 3.86. The number of aliphatic carboxylic acids is 1. The zero-order chi connectivity index (χ0) is 48.4. The quantitative estimate of drug-likeness (QED) is 0.0199. The minimum atomic E-state index is -4.77. The van der Waals surface area contributed by atoms with Crippen LogP contribution in [0.15, 0.2) is 72.9 Å². The largest absolute Gasteiger partial charge is 0.480 e. The smallest absolute Gasteiger partial charge is 0.472 e. The average Bonchev–Trinajstić information content (AvgIpc) is 3.29. The van der Waals surface area contributed by atoms with Crippen LogP contribution in [0.25, 0.3) is 0 Å². The van der Waals surface area contributed by atoms with E-state index in [4.69, 9.17) is 13.8 Å². The van der Waals surface area contributed by atoms with Crippen molar-refractivity contribution < 1.29 is 47.8 Å². The van der Waals surface area contributed by atoms with Gasteiger partial charge in [0.05, 0.1) is 13.2 Å². The molecule has 0 aromatic rings. The molecule has 3 atom stereocenters. The van der Waals surface area contributed by atoms with Gasteiger partial charge in [0.15, 0.2) is 6.04 Å². The van der Waals surface area contributed by atoms with Crippen molar-refractivity contribution in [3.05, 3.63) is 72.9 Å². The molecule has 380 valence electrons. The van der Waals surface area contributed by atoms with Gasteiger partial charge in [-0.05, 0) is 89.9 Å². The summed E-state index contributed by atoms with van der Waals surface area (Å²) in [4.78, 5) is 46.2. The highest BCUT2D eigenvalue weighted by Crippen LogP contribution is 2.43. The first-order chi connectivity index (χ1) is 32.1. The lowest BCUT2D eigenvalue weighted by Gasteiger charge is -2.18. The first-order valence-corrected chi connectivity index (χ1v) is 27.5. The third-order valence-corrected chi connectivity index (χ3v) is 11.9. The molecule has 1 amide bonds. The molecule has 0 spiro atoms. The van der Waals surface area contributed by atoms with E-state index in [0.717, 1.165) is 96.3 Å². The van der Waals surface area contributed by atoms with Crippen molar-refractivity contribution in [2.75, 3.05) is 19.8 Å². The second-order valence-corrected chi connectivity index (χ2v) is 18.8. The predicted octanol–water partition coefficient (Wildman–Crippen LogP) is 14.5. The lowest BCUT2D eigenvalue weighted by atomic mass is 10.0. The van der Waals surface area contributed by atoms with Crippen molar-refractivity contribution in [3.8, 4) is 0 Å². The number of carboxylic acid groups (broad SMARTS) is 1. The molecule has 0 saturated heterocycles. The standard InChI is InChI=1S/C54H94NO10P/c1-3-5-7-9-11-13-15-17-19-21-23-24-25-26-28-29-31-33-35-37-39-41-43-45-52(57)55-51(54(59)60)49-65-66(61,62)64-48-50(56)47-63-53(58)46-44-42-40-38-36-34-32-30-27-22-20-18-16-14-12-10-8-6-4-2/h11-14,17-20,23-24,27,30,50-51,56H,3-10,15-16,21-22,25-26,28-29,31-49H2,1-2H3,(H,55,57)(H,59,60)(H,61,62)/b13-11-,14-12-,19-17-,20-18-,24-23-,30-27-. The number of unbranched alkanes of at least 4 members (excludes halogenated alkanes) is 22. The van der Waals surface area contributed by atoms with Crippen LogP contribution in [0.1, 0.15) is 219 Å². The van der Waals surface area contributed by atoms with Crippen molar-refractivity contribution in [3.63, 3.8) is 0 Å². The summed E-state index contributed by atoms with van der Waals surface area (Å²) >= 11 is 0. The summed E-state index contributed by atoms with van der Waals surface area (Å²) in [7, 11) is -4.77. The Kier molecular flexibility index (Phi) is 46.1. The maximum Gasteiger partial charge on any atom is 0.472 e. The van der Waals surface area contributed by atoms with Gasteiger partial charge in [0.1, 0.15) is 12.7 Å². The van der Waals surface area contributed by atoms with Crippen LogP contribution in [0.5, 0.6) is 0 Å². The summed E-state index contributed by atoms with van der Waals surface area (Å²) < 4.78 is 26.9. The third-order valence-electron chi connectivity index (χ3n) is 11.0. The van der Waals surface area contributed by atoms with E-state index in [9.17, 15) is 34.1 Å². The number of nitrogens with one attached hydrogen (secondary N) is 1. The van der Waals surface area contributed by atoms with E-state index in [2.05, 4.69) is 92.1 Å². The molecular formula is C54H94NO10P. The van der Waals surface area contributed by atoms with Gasteiger partial charge < -0.3 is 25.2 Å². The minimum Gasteiger partial charge on any atom is -0.480 e. The van der Waals surface area contributed by atoms with Crippen LogP contribution in [-0.4, -0.2) is 64.9 Å². The number of rotatable bonds is 48. The van der Waals surface area contributed by atoms with Crippen LogP contribution < -0.4 is 5.32 Å². The number of carbonyl (C=O) groups is 3. The first-order valence-electron chi connectivity index (χ1n) is 26.0. The number of aliphatic hydroxyl groups excluding tert-OH is 1. The number of phosphoric acid groups is 1. The second-order valence-electron chi connectivity index (χ2n) is 17.4. The normalized spacial score (nSPS) is 14.1. The van der Waals surface area contributed by atoms with Crippen molar-refractivity contribution in [2.24, 2.45) is 0 Å². The monoisotopic (exact) mass is 948 g/mol. The first kappa shape index (κ1) is 62.9. The number of carboxylic acids is 1. The second kappa shape index (κ2) is 48.4. The zero-order valence-corrected chi connectivity index (χ0v) is 42.4. The Bertz CT molecular complexity index is 1390. The molecule has 0 heterocycles. The van der Waals surface area contributed by atoms with E-state index in [1.54, 1.807) is 0 Å². The van der Waals surface area contributed by atoms with Gasteiger partial charge in [0.2, 0.25) is 5.91 Å². The van der Waals surface area contributed by atoms with Gasteiger partial charge in [-0.2, -0.15) is 0 Å². The van der Waals surface area contributed by atoms with Gasteiger partial charge in [-0.1, -0.05) is 189 Å². The number of hydrogen-bond donors (Lipinski definition) is 4. The van der Waals surface area contributed by atoms with E-state index in [-0.39, 0.29) is 12.8 Å². The highest BCUT2D eigenvalue weighted by Gasteiger charge is 2.28. The number of amides is 1. The van der Waals surface area contributed by atoms with Crippen LogP contribution >= 0.6 is 7.82 Å². The molecule has 12 heteroatoms. The number of hydrogen-bond acceptors (Lipinski definition) is 8. The van der Waals surface area contributed by atoms with E-state index >= 15 is 0 Å². The van der Waals surface area contributed by atoms with Gasteiger partial charge >= 0.3 is 19.8 Å². The fourth-order valence-corrected chi connectivity index (χ4v) is 7.69. The number of carbonyl (C=O) groups excluding carboxylic acids is 2. The van der Waals surface area contributed by atoms with E-state index < -0.39 is 57.6 Å². The Morgan fingerprint density at radius 3 is 1.24 bits per heavy atom. The molecule has 0 aliphatic heterocycles. The molecule has 0 radical (unpaired) electrons. The molecule has 3 unspecified atom stereocenters. The number of aliphatic hydroxyl groups is 1. The molecular weight excluding hydrogens is 854 g/mol. The number of esters is 1.